The number of carbonyl (C=O) groups excluding carboxylic acids is 1. The van der Waals surface area contributed by atoms with Crippen molar-refractivity contribution < 1.29 is 4.79 Å². The summed E-state index contributed by atoms with van der Waals surface area (Å²) in [4.78, 5) is 12.4. The molecule has 2 rings (SSSR count). The Bertz CT molecular complexity index is 489. The highest BCUT2D eigenvalue weighted by Crippen LogP contribution is 2.26. The molecule has 16 heavy (non-hydrogen) atoms. The van der Waals surface area contributed by atoms with Crippen molar-refractivity contribution in [1.29, 1.82) is 0 Å². The number of halogens is 1. The monoisotopic (exact) mass is 270 g/mol. The van der Waals surface area contributed by atoms with Gasteiger partial charge in [0.05, 0.1) is 14.9 Å². The van der Waals surface area contributed by atoms with Gasteiger partial charge in [0.1, 0.15) is 6.54 Å². The van der Waals surface area contributed by atoms with Crippen molar-refractivity contribution in [3.05, 3.63) is 21.3 Å². The molecule has 0 N–H and O–H groups in total. The number of terminal acetylenes is 1. The van der Waals surface area contributed by atoms with E-state index in [4.69, 9.17) is 18.0 Å². The van der Waals surface area contributed by atoms with Gasteiger partial charge in [-0.15, -0.1) is 17.8 Å². The van der Waals surface area contributed by atoms with Gasteiger partial charge in [0, 0.05) is 5.75 Å². The van der Waals surface area contributed by atoms with Crippen molar-refractivity contribution in [2.45, 2.75) is 0 Å². The Labute approximate surface area is 106 Å². The summed E-state index contributed by atoms with van der Waals surface area (Å²) in [5.74, 6) is 2.97. The molecule has 1 aromatic heterocycles. The molecule has 0 saturated heterocycles. The number of hydrogen-bond donors (Lipinski definition) is 0. The second-order valence-electron chi connectivity index (χ2n) is 2.97. The lowest BCUT2D eigenvalue weighted by Crippen LogP contribution is -2.29. The van der Waals surface area contributed by atoms with Gasteiger partial charge in [-0.25, -0.2) is 5.01 Å². The molecule has 2 heterocycles. The quantitative estimate of drug-likeness (QED) is 0.774. The summed E-state index contributed by atoms with van der Waals surface area (Å²) in [5.41, 5.74) is 0.844. The summed E-state index contributed by atoms with van der Waals surface area (Å²) in [6.07, 6.45) is 5.17. The highest BCUT2D eigenvalue weighted by atomic mass is 35.5. The minimum absolute atomic E-state index is 0.107. The van der Waals surface area contributed by atoms with Crippen LogP contribution in [0.15, 0.2) is 17.2 Å². The predicted octanol–water partition coefficient (Wildman–Crippen LogP) is 2.91. The molecule has 0 unspecified atom stereocenters. The first-order valence-electron chi connectivity index (χ1n) is 4.41. The minimum atomic E-state index is -0.107. The maximum absolute atomic E-state index is 11.4. The van der Waals surface area contributed by atoms with Gasteiger partial charge in [0.2, 0.25) is 0 Å². The Morgan fingerprint density at radius 3 is 3.06 bits per heavy atom. The van der Waals surface area contributed by atoms with E-state index in [2.05, 4.69) is 11.0 Å². The summed E-state index contributed by atoms with van der Waals surface area (Å²) < 4.78 is 0.711. The van der Waals surface area contributed by atoms with Crippen LogP contribution in [0.5, 0.6) is 0 Å². The Morgan fingerprint density at radius 2 is 2.44 bits per heavy atom. The third-order valence-electron chi connectivity index (χ3n) is 1.88. The fraction of sp³-hybridized carbons (Fsp3) is 0.200. The molecule has 0 aliphatic carbocycles. The number of thioether (sulfide) groups is 1. The van der Waals surface area contributed by atoms with Crippen LogP contribution in [0.25, 0.3) is 0 Å². The fourth-order valence-electron chi connectivity index (χ4n) is 1.20. The van der Waals surface area contributed by atoms with Crippen LogP contribution in [-0.2, 0) is 0 Å². The third kappa shape index (κ3) is 2.40. The van der Waals surface area contributed by atoms with Gasteiger partial charge in [0.15, 0.2) is 0 Å². The van der Waals surface area contributed by atoms with Gasteiger partial charge in [-0.3, -0.25) is 4.79 Å². The number of hydrazone groups is 1. The second kappa shape index (κ2) is 4.91. The first-order chi connectivity index (χ1) is 7.70. The van der Waals surface area contributed by atoms with E-state index in [-0.39, 0.29) is 11.8 Å². The van der Waals surface area contributed by atoms with Crippen molar-refractivity contribution in [1.82, 2.24) is 5.01 Å². The Balaban J connectivity index is 2.26. The predicted molar refractivity (Wildman–Crippen MR) is 69.3 cm³/mol. The molecule has 0 radical (unpaired) electrons. The Hall–Kier alpha value is -0.960. The zero-order chi connectivity index (χ0) is 11.5. The maximum atomic E-state index is 11.4. The van der Waals surface area contributed by atoms with Crippen LogP contribution in [-0.4, -0.2) is 28.3 Å². The Kier molecular flexibility index (Phi) is 3.54. The summed E-state index contributed by atoms with van der Waals surface area (Å²) in [5, 5.41) is 5.42. The van der Waals surface area contributed by atoms with Gasteiger partial charge in [-0.05, 0) is 12.1 Å². The van der Waals surface area contributed by atoms with Gasteiger partial charge >= 0.3 is 5.24 Å². The van der Waals surface area contributed by atoms with E-state index in [0.29, 0.717) is 10.1 Å². The molecule has 82 valence electrons. The first-order valence-corrected chi connectivity index (χ1v) is 6.59. The lowest BCUT2D eigenvalue weighted by Gasteiger charge is -2.20. The molecule has 1 aromatic rings. The maximum Gasteiger partial charge on any atom is 0.303 e. The summed E-state index contributed by atoms with van der Waals surface area (Å²) >= 11 is 8.50. The molecule has 0 bridgehead atoms. The summed E-state index contributed by atoms with van der Waals surface area (Å²) in [6, 6.07) is 3.72. The number of carbonyl (C=O) groups is 1. The van der Waals surface area contributed by atoms with Crippen LogP contribution in [0.2, 0.25) is 4.34 Å². The first kappa shape index (κ1) is 11.5. The lowest BCUT2D eigenvalue weighted by molar-refractivity contribution is 0.231. The van der Waals surface area contributed by atoms with Crippen molar-refractivity contribution in [2.24, 2.45) is 5.10 Å². The molecule has 1 aliphatic heterocycles. The smallest absolute Gasteiger partial charge is 0.260 e. The van der Waals surface area contributed by atoms with Crippen molar-refractivity contribution >= 4 is 45.7 Å². The second-order valence-corrected chi connectivity index (χ2v) is 5.61. The topological polar surface area (TPSA) is 32.7 Å². The molecule has 6 heteroatoms. The number of amides is 1. The van der Waals surface area contributed by atoms with E-state index < -0.39 is 0 Å². The highest BCUT2D eigenvalue weighted by molar-refractivity contribution is 8.14. The van der Waals surface area contributed by atoms with Crippen LogP contribution in [0.4, 0.5) is 4.79 Å². The van der Waals surface area contributed by atoms with Gasteiger partial charge in [0.25, 0.3) is 0 Å². The SMILES string of the molecule is C#CCN1N=C(c2ccc(Cl)s2)CSC1=O. The Morgan fingerprint density at radius 1 is 1.62 bits per heavy atom. The third-order valence-corrected chi connectivity index (χ3v) is 4.04. The van der Waals surface area contributed by atoms with E-state index in [0.717, 1.165) is 10.6 Å². The van der Waals surface area contributed by atoms with Crippen LogP contribution in [0, 0.1) is 12.3 Å². The van der Waals surface area contributed by atoms with Crippen molar-refractivity contribution in [3.8, 4) is 12.3 Å². The van der Waals surface area contributed by atoms with Crippen molar-refractivity contribution in [3.63, 3.8) is 0 Å². The normalized spacial score (nSPS) is 15.9. The number of rotatable bonds is 2. The molecule has 3 nitrogen and oxygen atoms in total. The van der Waals surface area contributed by atoms with Gasteiger partial charge in [-0.1, -0.05) is 29.3 Å². The molecule has 0 spiro atoms. The van der Waals surface area contributed by atoms with E-state index >= 15 is 0 Å². The number of thiophene rings is 1. The summed E-state index contributed by atoms with van der Waals surface area (Å²) in [6.45, 7) is 0.203. The van der Waals surface area contributed by atoms with Crippen LogP contribution in [0.3, 0.4) is 0 Å². The molecule has 0 aromatic carbocycles. The lowest BCUT2D eigenvalue weighted by atomic mass is 10.3. The van der Waals surface area contributed by atoms with Crippen molar-refractivity contribution in [2.75, 3.05) is 12.3 Å². The molecule has 1 amide bonds. The summed E-state index contributed by atoms with van der Waals surface area (Å²) in [7, 11) is 0. The van der Waals surface area contributed by atoms with E-state index in [9.17, 15) is 4.79 Å². The number of nitrogens with zero attached hydrogens (tertiary/aromatic N) is 2. The standard InChI is InChI=1S/C10H7ClN2OS2/c1-2-5-13-10(14)15-6-7(12-13)8-3-4-9(11)16-8/h1,3-4H,5-6H2. The van der Waals surface area contributed by atoms with Gasteiger partial charge in [-0.2, -0.15) is 5.10 Å². The van der Waals surface area contributed by atoms with Crippen LogP contribution in [0.1, 0.15) is 4.88 Å². The van der Waals surface area contributed by atoms with E-state index in [1.807, 2.05) is 12.1 Å². The number of hydrogen-bond acceptors (Lipinski definition) is 4. The van der Waals surface area contributed by atoms with Crippen LogP contribution < -0.4 is 0 Å². The van der Waals surface area contributed by atoms with Crippen LogP contribution >= 0.6 is 34.7 Å². The molecule has 0 atom stereocenters. The molecular formula is C10H7ClN2OS2. The highest BCUT2D eigenvalue weighted by Gasteiger charge is 2.21. The van der Waals surface area contributed by atoms with Gasteiger partial charge < -0.3 is 0 Å². The molecule has 0 saturated carbocycles. The van der Waals surface area contributed by atoms with E-state index in [1.165, 1.54) is 28.1 Å². The molecular weight excluding hydrogens is 264 g/mol. The zero-order valence-electron chi connectivity index (χ0n) is 8.14. The zero-order valence-corrected chi connectivity index (χ0v) is 10.5. The fourth-order valence-corrected chi connectivity index (χ4v) is 3.04. The minimum Gasteiger partial charge on any atom is -0.260 e. The molecule has 0 fully saturated rings. The average Bonchev–Trinajstić information content (AvgIpc) is 2.69. The molecule has 1 aliphatic rings. The largest absolute Gasteiger partial charge is 0.303 e. The van der Waals surface area contributed by atoms with E-state index in [1.54, 1.807) is 0 Å². The average molecular weight is 271 g/mol.